The zero-order chi connectivity index (χ0) is 12.1. The number of halogens is 1. The average molecular weight is 248 g/mol. The maximum absolute atomic E-state index is 11.5. The Morgan fingerprint density at radius 1 is 1.47 bits per heavy atom. The van der Waals surface area contributed by atoms with E-state index in [1.165, 1.54) is 6.42 Å². The second-order valence-electron chi connectivity index (χ2n) is 4.16. The molecular formula is C14H14ClNO. The lowest BCUT2D eigenvalue weighted by Gasteiger charge is -2.23. The Kier molecular flexibility index (Phi) is 4.06. The number of amides is 1. The molecule has 0 aromatic heterocycles. The molecule has 0 aliphatic heterocycles. The highest BCUT2D eigenvalue weighted by Crippen LogP contribution is 2.25. The maximum atomic E-state index is 11.5. The van der Waals surface area contributed by atoms with Crippen LogP contribution in [-0.4, -0.2) is 12.5 Å². The van der Waals surface area contributed by atoms with Gasteiger partial charge in [0, 0.05) is 16.5 Å². The molecule has 0 atom stereocenters. The fraction of sp³-hybridized carbons (Fsp3) is 0.357. The first kappa shape index (κ1) is 12.0. The summed E-state index contributed by atoms with van der Waals surface area (Å²) in [5.41, 5.74) is 0.871. The van der Waals surface area contributed by atoms with Crippen molar-refractivity contribution in [2.24, 2.45) is 5.92 Å². The number of carbonyl (C=O) groups is 1. The minimum Gasteiger partial charge on any atom is -0.345 e. The molecule has 0 saturated heterocycles. The molecule has 88 valence electrons. The lowest BCUT2D eigenvalue weighted by atomic mass is 9.85. The molecule has 1 aromatic carbocycles. The van der Waals surface area contributed by atoms with E-state index < -0.39 is 0 Å². The standard InChI is InChI=1S/C14H14ClNO/c15-13-8-1-4-11(10-13)5-3-9-16-14(17)12-6-2-7-12/h1,4,8,10,12H,2,6-7,9H2,(H,16,17). The van der Waals surface area contributed by atoms with E-state index in [-0.39, 0.29) is 11.8 Å². The molecule has 1 amide bonds. The van der Waals surface area contributed by atoms with Crippen molar-refractivity contribution < 1.29 is 4.79 Å². The molecule has 1 fully saturated rings. The molecule has 1 aliphatic rings. The first-order valence-electron chi connectivity index (χ1n) is 5.78. The lowest BCUT2D eigenvalue weighted by Crippen LogP contribution is -2.34. The van der Waals surface area contributed by atoms with Gasteiger partial charge in [0.2, 0.25) is 5.91 Å². The minimum absolute atomic E-state index is 0.136. The van der Waals surface area contributed by atoms with Gasteiger partial charge in [-0.25, -0.2) is 0 Å². The topological polar surface area (TPSA) is 29.1 Å². The number of carbonyl (C=O) groups excluding carboxylic acids is 1. The third kappa shape index (κ3) is 3.51. The molecule has 17 heavy (non-hydrogen) atoms. The van der Waals surface area contributed by atoms with Gasteiger partial charge in [-0.3, -0.25) is 4.79 Å². The minimum atomic E-state index is 0.136. The fourth-order valence-electron chi connectivity index (χ4n) is 1.66. The van der Waals surface area contributed by atoms with Crippen molar-refractivity contribution in [1.82, 2.24) is 5.32 Å². The zero-order valence-electron chi connectivity index (χ0n) is 9.50. The second-order valence-corrected chi connectivity index (χ2v) is 4.59. The van der Waals surface area contributed by atoms with Gasteiger partial charge < -0.3 is 5.32 Å². The summed E-state index contributed by atoms with van der Waals surface area (Å²) in [4.78, 5) is 11.5. The van der Waals surface area contributed by atoms with E-state index in [1.54, 1.807) is 0 Å². The molecule has 0 radical (unpaired) electrons. The third-order valence-corrected chi connectivity index (χ3v) is 3.12. The summed E-state index contributed by atoms with van der Waals surface area (Å²) in [6, 6.07) is 7.37. The highest BCUT2D eigenvalue weighted by Gasteiger charge is 2.24. The van der Waals surface area contributed by atoms with E-state index in [4.69, 9.17) is 11.6 Å². The molecule has 0 unspecified atom stereocenters. The molecule has 2 rings (SSSR count). The van der Waals surface area contributed by atoms with Crippen LogP contribution in [0.15, 0.2) is 24.3 Å². The van der Waals surface area contributed by atoms with Crippen molar-refractivity contribution in [3.8, 4) is 11.8 Å². The van der Waals surface area contributed by atoms with Crippen LogP contribution in [0.1, 0.15) is 24.8 Å². The van der Waals surface area contributed by atoms with Crippen molar-refractivity contribution in [3.63, 3.8) is 0 Å². The fourth-order valence-corrected chi connectivity index (χ4v) is 1.85. The van der Waals surface area contributed by atoms with Gasteiger partial charge in [-0.2, -0.15) is 0 Å². The number of rotatable bonds is 2. The number of nitrogens with one attached hydrogen (secondary N) is 1. The average Bonchev–Trinajstić information content (AvgIpc) is 2.22. The lowest BCUT2D eigenvalue weighted by molar-refractivity contribution is -0.127. The monoisotopic (exact) mass is 247 g/mol. The molecule has 0 bridgehead atoms. The molecule has 1 saturated carbocycles. The van der Waals surface area contributed by atoms with Crippen LogP contribution in [0, 0.1) is 17.8 Å². The normalized spacial score (nSPS) is 14.4. The first-order valence-corrected chi connectivity index (χ1v) is 6.15. The van der Waals surface area contributed by atoms with Crippen molar-refractivity contribution in [2.75, 3.05) is 6.54 Å². The maximum Gasteiger partial charge on any atom is 0.223 e. The van der Waals surface area contributed by atoms with Gasteiger partial charge in [0.1, 0.15) is 0 Å². The molecule has 2 nitrogen and oxygen atoms in total. The van der Waals surface area contributed by atoms with Crippen LogP contribution in [0.4, 0.5) is 0 Å². The van der Waals surface area contributed by atoms with Crippen LogP contribution >= 0.6 is 11.6 Å². The van der Waals surface area contributed by atoms with Gasteiger partial charge in [-0.05, 0) is 31.0 Å². The first-order chi connectivity index (χ1) is 8.25. The Hall–Kier alpha value is -1.46. The summed E-state index contributed by atoms with van der Waals surface area (Å²) in [5.74, 6) is 6.25. The Bertz CT molecular complexity index is 469. The molecule has 1 aromatic rings. The van der Waals surface area contributed by atoms with Crippen molar-refractivity contribution in [3.05, 3.63) is 34.9 Å². The smallest absolute Gasteiger partial charge is 0.223 e. The molecule has 0 spiro atoms. The molecule has 1 aliphatic carbocycles. The summed E-state index contributed by atoms with van der Waals surface area (Å²) < 4.78 is 0. The number of benzene rings is 1. The van der Waals surface area contributed by atoms with E-state index in [1.807, 2.05) is 24.3 Å². The summed E-state index contributed by atoms with van der Waals surface area (Å²) in [6.45, 7) is 0.405. The molecular weight excluding hydrogens is 234 g/mol. The van der Waals surface area contributed by atoms with E-state index in [0.29, 0.717) is 11.6 Å². The Morgan fingerprint density at radius 3 is 2.94 bits per heavy atom. The molecule has 0 heterocycles. The highest BCUT2D eigenvalue weighted by molar-refractivity contribution is 6.30. The summed E-state index contributed by atoms with van der Waals surface area (Å²) in [6.07, 6.45) is 3.22. The summed E-state index contributed by atoms with van der Waals surface area (Å²) in [7, 11) is 0. The Balaban J connectivity index is 1.80. The van der Waals surface area contributed by atoms with E-state index in [9.17, 15) is 4.79 Å². The summed E-state index contributed by atoms with van der Waals surface area (Å²) in [5, 5.41) is 3.50. The van der Waals surface area contributed by atoms with Gasteiger partial charge in [0.05, 0.1) is 6.54 Å². The number of hydrogen-bond acceptors (Lipinski definition) is 1. The zero-order valence-corrected chi connectivity index (χ0v) is 10.3. The third-order valence-electron chi connectivity index (χ3n) is 2.88. The predicted octanol–water partition coefficient (Wildman–Crippen LogP) is 2.61. The number of hydrogen-bond donors (Lipinski definition) is 1. The summed E-state index contributed by atoms with van der Waals surface area (Å²) >= 11 is 5.84. The van der Waals surface area contributed by atoms with Crippen molar-refractivity contribution in [2.45, 2.75) is 19.3 Å². The predicted molar refractivity (Wildman–Crippen MR) is 68.7 cm³/mol. The van der Waals surface area contributed by atoms with E-state index >= 15 is 0 Å². The van der Waals surface area contributed by atoms with Gasteiger partial charge >= 0.3 is 0 Å². The van der Waals surface area contributed by atoms with Gasteiger partial charge in [0.15, 0.2) is 0 Å². The SMILES string of the molecule is O=C(NCC#Cc1cccc(Cl)c1)C1CCC1. The van der Waals surface area contributed by atoms with E-state index in [0.717, 1.165) is 18.4 Å². The van der Waals surface area contributed by atoms with Crippen LogP contribution in [-0.2, 0) is 4.79 Å². The Morgan fingerprint density at radius 2 is 2.29 bits per heavy atom. The van der Waals surface area contributed by atoms with Gasteiger partial charge in [-0.1, -0.05) is 35.9 Å². The van der Waals surface area contributed by atoms with E-state index in [2.05, 4.69) is 17.2 Å². The van der Waals surface area contributed by atoms with Gasteiger partial charge in [-0.15, -0.1) is 0 Å². The Labute approximate surface area is 106 Å². The van der Waals surface area contributed by atoms with Crippen molar-refractivity contribution in [1.29, 1.82) is 0 Å². The molecule has 1 N–H and O–H groups in total. The quantitative estimate of drug-likeness (QED) is 0.800. The second kappa shape index (κ2) is 5.75. The van der Waals surface area contributed by atoms with Crippen LogP contribution in [0.3, 0.4) is 0 Å². The van der Waals surface area contributed by atoms with Crippen LogP contribution < -0.4 is 5.32 Å². The molecule has 3 heteroatoms. The van der Waals surface area contributed by atoms with Crippen LogP contribution in [0.25, 0.3) is 0 Å². The van der Waals surface area contributed by atoms with Crippen molar-refractivity contribution >= 4 is 17.5 Å². The largest absolute Gasteiger partial charge is 0.345 e. The van der Waals surface area contributed by atoms with Crippen LogP contribution in [0.5, 0.6) is 0 Å². The van der Waals surface area contributed by atoms with Crippen LogP contribution in [0.2, 0.25) is 5.02 Å². The highest BCUT2D eigenvalue weighted by atomic mass is 35.5. The van der Waals surface area contributed by atoms with Gasteiger partial charge in [0.25, 0.3) is 0 Å².